The van der Waals surface area contributed by atoms with E-state index in [4.69, 9.17) is 0 Å². The molecule has 0 atom stereocenters. The summed E-state index contributed by atoms with van der Waals surface area (Å²) >= 11 is 0. The molecule has 0 unspecified atom stereocenters. The van der Waals surface area contributed by atoms with Crippen molar-refractivity contribution in [1.29, 1.82) is 0 Å². The van der Waals surface area contributed by atoms with E-state index in [9.17, 15) is 0 Å². The van der Waals surface area contributed by atoms with E-state index in [2.05, 4.69) is 18.1 Å². The number of hydrogen-bond donors (Lipinski definition) is 0. The lowest BCUT2D eigenvalue weighted by atomic mass is 10.5. The first-order valence-corrected chi connectivity index (χ1v) is 3.24. The molecule has 0 amide bonds. The number of aromatic nitrogens is 2. The zero-order valence-corrected chi connectivity index (χ0v) is 5.89. The van der Waals surface area contributed by atoms with E-state index in [1.807, 2.05) is 17.8 Å². The van der Waals surface area contributed by atoms with Crippen LogP contribution in [0.4, 0.5) is 0 Å². The van der Waals surface area contributed by atoms with Gasteiger partial charge in [-0.05, 0) is 13.3 Å². The molecule has 49 valence electrons. The molecule has 0 aliphatic rings. The number of rotatable bonds is 2. The number of nitrogens with zero attached hydrogens (tertiary/aromatic N) is 2. The predicted molar refractivity (Wildman–Crippen MR) is 36.1 cm³/mol. The van der Waals surface area contributed by atoms with E-state index in [-0.39, 0.29) is 0 Å². The van der Waals surface area contributed by atoms with Crippen molar-refractivity contribution in [3.05, 3.63) is 18.0 Å². The zero-order valence-electron chi connectivity index (χ0n) is 5.89. The van der Waals surface area contributed by atoms with Crippen molar-refractivity contribution in [3.8, 4) is 0 Å². The van der Waals surface area contributed by atoms with Gasteiger partial charge in [-0.1, -0.05) is 6.92 Å². The summed E-state index contributed by atoms with van der Waals surface area (Å²) in [5.41, 5.74) is 0.975. The summed E-state index contributed by atoms with van der Waals surface area (Å²) in [7, 11) is 0. The molecule has 0 bridgehead atoms. The van der Waals surface area contributed by atoms with E-state index in [1.165, 1.54) is 0 Å². The molecule has 0 aliphatic carbocycles. The van der Waals surface area contributed by atoms with Crippen molar-refractivity contribution >= 4 is 0 Å². The Morgan fingerprint density at radius 3 is 3.00 bits per heavy atom. The maximum absolute atomic E-state index is 4.16. The van der Waals surface area contributed by atoms with Gasteiger partial charge in [-0.2, -0.15) is 5.10 Å². The third-order valence-electron chi connectivity index (χ3n) is 1.15. The monoisotopic (exact) mass is 123 g/mol. The Morgan fingerprint density at radius 2 is 2.56 bits per heavy atom. The molecule has 1 radical (unpaired) electrons. The summed E-state index contributed by atoms with van der Waals surface area (Å²) in [6.45, 7) is 5.09. The lowest BCUT2D eigenvalue weighted by molar-refractivity contribution is 0.598. The first-order valence-electron chi connectivity index (χ1n) is 3.24. The third kappa shape index (κ3) is 1.56. The van der Waals surface area contributed by atoms with Crippen molar-refractivity contribution in [2.75, 3.05) is 0 Å². The molecule has 0 fully saturated rings. The van der Waals surface area contributed by atoms with Gasteiger partial charge in [-0.15, -0.1) is 0 Å². The number of aryl methyl sites for hydroxylation is 2. The Kier molecular flexibility index (Phi) is 1.88. The highest BCUT2D eigenvalue weighted by Crippen LogP contribution is 1.91. The van der Waals surface area contributed by atoms with E-state index in [0.717, 1.165) is 18.7 Å². The fourth-order valence-corrected chi connectivity index (χ4v) is 0.762. The van der Waals surface area contributed by atoms with Crippen LogP contribution in [0.2, 0.25) is 0 Å². The van der Waals surface area contributed by atoms with Gasteiger partial charge in [0, 0.05) is 18.8 Å². The SMILES string of the molecule is CCCn1c[c]c(C)n1. The fourth-order valence-electron chi connectivity index (χ4n) is 0.762. The summed E-state index contributed by atoms with van der Waals surface area (Å²) in [6.07, 6.45) is 3.02. The summed E-state index contributed by atoms with van der Waals surface area (Å²) < 4.78 is 1.91. The van der Waals surface area contributed by atoms with Crippen LogP contribution in [0.15, 0.2) is 6.20 Å². The standard InChI is InChI=1S/C7H11N2/c1-3-5-9-6-4-7(2)8-9/h6H,3,5H2,1-2H3. The second-order valence-electron chi connectivity index (χ2n) is 2.12. The quantitative estimate of drug-likeness (QED) is 0.581. The van der Waals surface area contributed by atoms with Gasteiger partial charge in [0.1, 0.15) is 0 Å². The molecule has 2 nitrogen and oxygen atoms in total. The molecule has 1 aromatic heterocycles. The molecule has 0 aliphatic heterocycles. The minimum atomic E-state index is 0.975. The molecule has 0 N–H and O–H groups in total. The van der Waals surface area contributed by atoms with E-state index < -0.39 is 0 Å². The Hall–Kier alpha value is -0.790. The summed E-state index contributed by atoms with van der Waals surface area (Å²) in [5, 5.41) is 4.16. The highest BCUT2D eigenvalue weighted by Gasteiger charge is 1.89. The topological polar surface area (TPSA) is 17.8 Å². The fraction of sp³-hybridized carbons (Fsp3) is 0.571. The molecule has 1 heterocycles. The Bertz CT molecular complexity index is 179. The molecule has 9 heavy (non-hydrogen) atoms. The highest BCUT2D eigenvalue weighted by atomic mass is 15.3. The largest absolute Gasteiger partial charge is 0.272 e. The average molecular weight is 123 g/mol. The number of hydrogen-bond acceptors (Lipinski definition) is 1. The predicted octanol–water partition coefficient (Wildman–Crippen LogP) is 1.40. The van der Waals surface area contributed by atoms with Gasteiger partial charge in [0.15, 0.2) is 0 Å². The van der Waals surface area contributed by atoms with Crippen LogP contribution in [0, 0.1) is 13.0 Å². The molecular formula is C7H11N2. The zero-order chi connectivity index (χ0) is 6.69. The molecule has 1 rings (SSSR count). The molecule has 1 aromatic rings. The second-order valence-corrected chi connectivity index (χ2v) is 2.12. The van der Waals surface area contributed by atoms with Crippen LogP contribution in [0.25, 0.3) is 0 Å². The van der Waals surface area contributed by atoms with Crippen LogP contribution >= 0.6 is 0 Å². The lowest BCUT2D eigenvalue weighted by Gasteiger charge is -1.93. The maximum atomic E-state index is 4.16. The minimum Gasteiger partial charge on any atom is -0.272 e. The Labute approximate surface area is 55.5 Å². The van der Waals surface area contributed by atoms with Crippen molar-refractivity contribution in [1.82, 2.24) is 9.78 Å². The van der Waals surface area contributed by atoms with Crippen molar-refractivity contribution in [2.45, 2.75) is 26.8 Å². The lowest BCUT2D eigenvalue weighted by Crippen LogP contribution is -1.96. The van der Waals surface area contributed by atoms with Crippen LogP contribution in [-0.2, 0) is 6.54 Å². The molecule has 0 saturated heterocycles. The van der Waals surface area contributed by atoms with Crippen LogP contribution < -0.4 is 0 Å². The Balaban J connectivity index is 2.61. The molecular weight excluding hydrogens is 112 g/mol. The van der Waals surface area contributed by atoms with Crippen molar-refractivity contribution in [3.63, 3.8) is 0 Å². The van der Waals surface area contributed by atoms with Gasteiger partial charge in [0.25, 0.3) is 0 Å². The van der Waals surface area contributed by atoms with Gasteiger partial charge in [0.2, 0.25) is 0 Å². The average Bonchev–Trinajstić information content (AvgIpc) is 2.17. The molecule has 0 saturated carbocycles. The van der Waals surface area contributed by atoms with Gasteiger partial charge in [-0.25, -0.2) is 0 Å². The summed E-state index contributed by atoms with van der Waals surface area (Å²) in [5.74, 6) is 0. The molecule has 2 heteroatoms. The van der Waals surface area contributed by atoms with Crippen molar-refractivity contribution < 1.29 is 0 Å². The van der Waals surface area contributed by atoms with Crippen LogP contribution in [0.5, 0.6) is 0 Å². The smallest absolute Gasteiger partial charge is 0.0673 e. The normalized spacial score (nSPS) is 10.0. The van der Waals surface area contributed by atoms with Crippen LogP contribution in [0.3, 0.4) is 0 Å². The molecule has 0 spiro atoms. The highest BCUT2D eigenvalue weighted by molar-refractivity contribution is 4.91. The van der Waals surface area contributed by atoms with E-state index in [0.29, 0.717) is 0 Å². The van der Waals surface area contributed by atoms with Crippen LogP contribution in [-0.4, -0.2) is 9.78 Å². The second kappa shape index (κ2) is 2.67. The van der Waals surface area contributed by atoms with Gasteiger partial charge in [0.05, 0.1) is 5.69 Å². The van der Waals surface area contributed by atoms with E-state index in [1.54, 1.807) is 0 Å². The molecule has 0 aromatic carbocycles. The summed E-state index contributed by atoms with van der Waals surface area (Å²) in [4.78, 5) is 0. The van der Waals surface area contributed by atoms with Gasteiger partial charge in [-0.3, -0.25) is 4.68 Å². The van der Waals surface area contributed by atoms with Gasteiger partial charge < -0.3 is 0 Å². The minimum absolute atomic E-state index is 0.975. The summed E-state index contributed by atoms with van der Waals surface area (Å²) in [6, 6.07) is 3.01. The first kappa shape index (κ1) is 6.33. The Morgan fingerprint density at radius 1 is 1.78 bits per heavy atom. The van der Waals surface area contributed by atoms with Crippen LogP contribution in [0.1, 0.15) is 19.0 Å². The first-order chi connectivity index (χ1) is 4.33. The van der Waals surface area contributed by atoms with Crippen molar-refractivity contribution in [2.24, 2.45) is 0 Å². The van der Waals surface area contributed by atoms with E-state index >= 15 is 0 Å². The third-order valence-corrected chi connectivity index (χ3v) is 1.15. The maximum Gasteiger partial charge on any atom is 0.0673 e. The van der Waals surface area contributed by atoms with Gasteiger partial charge >= 0.3 is 0 Å².